The molecule has 0 radical (unpaired) electrons. The van der Waals surface area contributed by atoms with Gasteiger partial charge in [-0.05, 0) is 36.1 Å². The molecule has 1 aromatic carbocycles. The molecular formula is C15H24N2O. The summed E-state index contributed by atoms with van der Waals surface area (Å²) >= 11 is 0. The van der Waals surface area contributed by atoms with Crippen molar-refractivity contribution >= 4 is 5.69 Å². The molecule has 0 fully saturated rings. The van der Waals surface area contributed by atoms with Gasteiger partial charge in [-0.3, -0.25) is 4.90 Å². The molecule has 0 saturated carbocycles. The summed E-state index contributed by atoms with van der Waals surface area (Å²) < 4.78 is 5.63. The highest BCUT2D eigenvalue weighted by Crippen LogP contribution is 2.28. The maximum atomic E-state index is 5.85. The summed E-state index contributed by atoms with van der Waals surface area (Å²) in [5.74, 6) is 0.600. The number of benzene rings is 1. The van der Waals surface area contributed by atoms with Gasteiger partial charge in [0, 0.05) is 31.4 Å². The van der Waals surface area contributed by atoms with Gasteiger partial charge in [-0.15, -0.1) is 0 Å². The second-order valence-corrected chi connectivity index (χ2v) is 5.40. The molecule has 0 aromatic heterocycles. The number of rotatable bonds is 5. The van der Waals surface area contributed by atoms with Gasteiger partial charge >= 0.3 is 0 Å². The minimum Gasteiger partial charge on any atom is -0.399 e. The Hall–Kier alpha value is -1.06. The molecule has 0 aliphatic carbocycles. The molecule has 1 aromatic rings. The molecule has 1 aliphatic heterocycles. The van der Waals surface area contributed by atoms with Gasteiger partial charge in [-0.25, -0.2) is 0 Å². The van der Waals surface area contributed by atoms with Crippen molar-refractivity contribution in [2.24, 2.45) is 5.92 Å². The first kappa shape index (κ1) is 13.4. The van der Waals surface area contributed by atoms with Crippen molar-refractivity contribution in [2.45, 2.75) is 39.9 Å². The first-order valence-electron chi connectivity index (χ1n) is 6.81. The summed E-state index contributed by atoms with van der Waals surface area (Å²) in [5, 5.41) is 0. The molecular weight excluding hydrogens is 224 g/mol. The van der Waals surface area contributed by atoms with Crippen LogP contribution in [0.15, 0.2) is 18.2 Å². The molecule has 0 saturated heterocycles. The maximum Gasteiger partial charge on any atom is 0.0624 e. The van der Waals surface area contributed by atoms with Crippen molar-refractivity contribution in [3.05, 3.63) is 29.3 Å². The molecule has 0 bridgehead atoms. The summed E-state index contributed by atoms with van der Waals surface area (Å²) in [6, 6.07) is 6.74. The molecule has 1 atom stereocenters. The van der Waals surface area contributed by atoms with Gasteiger partial charge in [0.25, 0.3) is 0 Å². The van der Waals surface area contributed by atoms with Crippen molar-refractivity contribution in [3.8, 4) is 0 Å². The molecule has 3 heteroatoms. The van der Waals surface area contributed by atoms with Crippen LogP contribution in [0.4, 0.5) is 5.69 Å². The van der Waals surface area contributed by atoms with E-state index < -0.39 is 0 Å². The lowest BCUT2D eigenvalue weighted by Gasteiger charge is -2.30. The van der Waals surface area contributed by atoms with E-state index >= 15 is 0 Å². The highest BCUT2D eigenvalue weighted by Gasteiger charge is 2.27. The lowest BCUT2D eigenvalue weighted by atomic mass is 10.0. The van der Waals surface area contributed by atoms with Crippen LogP contribution in [0, 0.1) is 5.92 Å². The molecule has 2 rings (SSSR count). The number of fused-ring (bicyclic) bond motifs is 1. The monoisotopic (exact) mass is 248 g/mol. The van der Waals surface area contributed by atoms with Crippen LogP contribution in [0.3, 0.4) is 0 Å². The number of hydrogen-bond donors (Lipinski definition) is 1. The fourth-order valence-corrected chi connectivity index (χ4v) is 2.63. The van der Waals surface area contributed by atoms with E-state index in [0.717, 1.165) is 32.0 Å². The standard InChI is InChI=1S/C15H24N2O/c1-4-18-10-15(11(2)3)17-8-12-5-6-14(16)7-13(12)9-17/h5-7,11,15H,4,8-10,16H2,1-3H3. The lowest BCUT2D eigenvalue weighted by Crippen LogP contribution is -2.38. The SMILES string of the molecule is CCOCC(C(C)C)N1Cc2ccc(N)cc2C1. The number of anilines is 1. The number of nitrogens with two attached hydrogens (primary N) is 1. The average Bonchev–Trinajstić information content (AvgIpc) is 2.71. The minimum atomic E-state index is 0.485. The van der Waals surface area contributed by atoms with Crippen LogP contribution in [0.1, 0.15) is 31.9 Å². The van der Waals surface area contributed by atoms with Gasteiger partial charge in [0.1, 0.15) is 0 Å². The van der Waals surface area contributed by atoms with Crippen LogP contribution in [0.5, 0.6) is 0 Å². The van der Waals surface area contributed by atoms with Crippen LogP contribution in [0.25, 0.3) is 0 Å². The summed E-state index contributed by atoms with van der Waals surface area (Å²) in [6.07, 6.45) is 0. The minimum absolute atomic E-state index is 0.485. The van der Waals surface area contributed by atoms with Gasteiger partial charge in [0.15, 0.2) is 0 Å². The second kappa shape index (κ2) is 5.72. The third kappa shape index (κ3) is 2.85. The Morgan fingerprint density at radius 1 is 1.28 bits per heavy atom. The van der Waals surface area contributed by atoms with Crippen LogP contribution in [-0.4, -0.2) is 24.2 Å². The number of hydrogen-bond acceptors (Lipinski definition) is 3. The van der Waals surface area contributed by atoms with E-state index in [1.54, 1.807) is 0 Å². The molecule has 2 N–H and O–H groups in total. The van der Waals surface area contributed by atoms with E-state index in [1.165, 1.54) is 11.1 Å². The van der Waals surface area contributed by atoms with Crippen LogP contribution < -0.4 is 5.73 Å². The highest BCUT2D eigenvalue weighted by atomic mass is 16.5. The maximum absolute atomic E-state index is 5.85. The Morgan fingerprint density at radius 2 is 2.00 bits per heavy atom. The van der Waals surface area contributed by atoms with E-state index in [2.05, 4.69) is 37.8 Å². The Morgan fingerprint density at radius 3 is 2.67 bits per heavy atom. The zero-order valence-corrected chi connectivity index (χ0v) is 11.6. The van der Waals surface area contributed by atoms with Gasteiger partial charge in [0.2, 0.25) is 0 Å². The highest BCUT2D eigenvalue weighted by molar-refractivity contribution is 5.46. The molecule has 1 unspecified atom stereocenters. The Balaban J connectivity index is 2.07. The molecule has 1 heterocycles. The molecule has 100 valence electrons. The third-order valence-electron chi connectivity index (χ3n) is 3.71. The van der Waals surface area contributed by atoms with E-state index in [1.807, 2.05) is 6.07 Å². The zero-order valence-electron chi connectivity index (χ0n) is 11.6. The van der Waals surface area contributed by atoms with Crippen molar-refractivity contribution in [1.82, 2.24) is 4.90 Å². The predicted molar refractivity (Wildman–Crippen MR) is 75.2 cm³/mol. The van der Waals surface area contributed by atoms with Crippen LogP contribution in [-0.2, 0) is 17.8 Å². The Labute approximate surface area is 110 Å². The first-order valence-corrected chi connectivity index (χ1v) is 6.81. The van der Waals surface area contributed by atoms with Gasteiger partial charge < -0.3 is 10.5 Å². The summed E-state index contributed by atoms with van der Waals surface area (Å²) in [7, 11) is 0. The third-order valence-corrected chi connectivity index (χ3v) is 3.71. The van der Waals surface area contributed by atoms with E-state index in [9.17, 15) is 0 Å². The Kier molecular flexibility index (Phi) is 4.25. The van der Waals surface area contributed by atoms with Gasteiger partial charge in [-0.1, -0.05) is 19.9 Å². The van der Waals surface area contributed by atoms with E-state index in [-0.39, 0.29) is 0 Å². The van der Waals surface area contributed by atoms with E-state index in [4.69, 9.17) is 10.5 Å². The molecule has 1 aliphatic rings. The Bertz CT molecular complexity index is 403. The number of nitrogens with zero attached hydrogens (tertiary/aromatic N) is 1. The molecule has 0 amide bonds. The quantitative estimate of drug-likeness (QED) is 0.814. The van der Waals surface area contributed by atoms with Crippen molar-refractivity contribution in [2.75, 3.05) is 18.9 Å². The summed E-state index contributed by atoms with van der Waals surface area (Å²) in [6.45, 7) is 10.2. The number of ether oxygens (including phenoxy) is 1. The first-order chi connectivity index (χ1) is 8.61. The van der Waals surface area contributed by atoms with Crippen molar-refractivity contribution in [3.63, 3.8) is 0 Å². The smallest absolute Gasteiger partial charge is 0.0624 e. The fraction of sp³-hybridized carbons (Fsp3) is 0.600. The lowest BCUT2D eigenvalue weighted by molar-refractivity contribution is 0.0422. The van der Waals surface area contributed by atoms with Crippen LogP contribution >= 0.6 is 0 Å². The fourth-order valence-electron chi connectivity index (χ4n) is 2.63. The predicted octanol–water partition coefficient (Wildman–Crippen LogP) is 2.65. The molecule has 0 spiro atoms. The second-order valence-electron chi connectivity index (χ2n) is 5.40. The summed E-state index contributed by atoms with van der Waals surface area (Å²) in [4.78, 5) is 2.50. The summed E-state index contributed by atoms with van der Waals surface area (Å²) in [5.41, 5.74) is 9.49. The average molecular weight is 248 g/mol. The van der Waals surface area contributed by atoms with Gasteiger partial charge in [-0.2, -0.15) is 0 Å². The normalized spacial score (nSPS) is 17.1. The zero-order chi connectivity index (χ0) is 13.1. The molecule has 3 nitrogen and oxygen atoms in total. The topological polar surface area (TPSA) is 38.5 Å². The van der Waals surface area contributed by atoms with Crippen molar-refractivity contribution in [1.29, 1.82) is 0 Å². The largest absolute Gasteiger partial charge is 0.399 e. The van der Waals surface area contributed by atoms with Crippen LogP contribution in [0.2, 0.25) is 0 Å². The van der Waals surface area contributed by atoms with E-state index in [0.29, 0.717) is 12.0 Å². The number of nitrogen functional groups attached to an aromatic ring is 1. The van der Waals surface area contributed by atoms with Crippen molar-refractivity contribution < 1.29 is 4.74 Å². The molecule has 18 heavy (non-hydrogen) atoms. The van der Waals surface area contributed by atoms with Gasteiger partial charge in [0.05, 0.1) is 6.61 Å².